The van der Waals surface area contributed by atoms with Crippen molar-refractivity contribution in [2.75, 3.05) is 12.4 Å². The van der Waals surface area contributed by atoms with E-state index in [1.807, 2.05) is 6.07 Å². The SMILES string of the molecule is CNc1ccc(CS(=O)O)nc1. The van der Waals surface area contributed by atoms with Crippen LogP contribution in [0.1, 0.15) is 5.69 Å². The number of anilines is 1. The average Bonchev–Trinajstić information content (AvgIpc) is 2.05. The fourth-order valence-corrected chi connectivity index (χ4v) is 1.21. The van der Waals surface area contributed by atoms with Crippen molar-refractivity contribution in [1.29, 1.82) is 0 Å². The Morgan fingerprint density at radius 2 is 2.42 bits per heavy atom. The van der Waals surface area contributed by atoms with Crippen LogP contribution in [0.4, 0.5) is 5.69 Å². The maximum atomic E-state index is 10.4. The molecule has 0 saturated heterocycles. The minimum atomic E-state index is -1.81. The first kappa shape index (κ1) is 9.15. The van der Waals surface area contributed by atoms with Gasteiger partial charge < -0.3 is 9.87 Å². The quantitative estimate of drug-likeness (QED) is 0.687. The van der Waals surface area contributed by atoms with Gasteiger partial charge in [0.15, 0.2) is 11.1 Å². The van der Waals surface area contributed by atoms with Crippen LogP contribution < -0.4 is 5.32 Å². The maximum Gasteiger partial charge on any atom is 0.158 e. The van der Waals surface area contributed by atoms with Crippen molar-refractivity contribution in [3.8, 4) is 0 Å². The predicted molar refractivity (Wildman–Crippen MR) is 48.3 cm³/mol. The van der Waals surface area contributed by atoms with Crippen molar-refractivity contribution >= 4 is 16.8 Å². The highest BCUT2D eigenvalue weighted by atomic mass is 32.2. The Morgan fingerprint density at radius 3 is 2.83 bits per heavy atom. The summed E-state index contributed by atoms with van der Waals surface area (Å²) in [5.41, 5.74) is 1.51. The van der Waals surface area contributed by atoms with Crippen molar-refractivity contribution in [3.05, 3.63) is 24.0 Å². The second-order valence-corrected chi connectivity index (χ2v) is 3.19. The van der Waals surface area contributed by atoms with Crippen molar-refractivity contribution in [3.63, 3.8) is 0 Å². The Bertz CT molecular complexity index is 273. The Kier molecular flexibility index (Phi) is 3.19. The van der Waals surface area contributed by atoms with Gasteiger partial charge in [-0.3, -0.25) is 4.98 Å². The molecule has 66 valence electrons. The van der Waals surface area contributed by atoms with Crippen molar-refractivity contribution in [1.82, 2.24) is 4.98 Å². The third-order valence-electron chi connectivity index (χ3n) is 1.38. The standard InChI is InChI=1S/C7H10N2O2S/c1-8-6-2-3-7(9-4-6)5-12(10)11/h2-4,8H,5H2,1H3,(H,10,11). The molecule has 0 aliphatic rings. The maximum absolute atomic E-state index is 10.4. The van der Waals surface area contributed by atoms with E-state index in [1.165, 1.54) is 0 Å². The number of hydrogen-bond donors (Lipinski definition) is 2. The molecule has 1 aromatic rings. The minimum absolute atomic E-state index is 0.0873. The van der Waals surface area contributed by atoms with Crippen LogP contribution in [0.2, 0.25) is 0 Å². The van der Waals surface area contributed by atoms with Gasteiger partial charge in [0.2, 0.25) is 0 Å². The zero-order chi connectivity index (χ0) is 8.97. The zero-order valence-corrected chi connectivity index (χ0v) is 7.47. The summed E-state index contributed by atoms with van der Waals surface area (Å²) < 4.78 is 18.9. The normalized spacial score (nSPS) is 12.5. The van der Waals surface area contributed by atoms with Gasteiger partial charge in [-0.1, -0.05) is 0 Å². The van der Waals surface area contributed by atoms with Crippen LogP contribution in [0.3, 0.4) is 0 Å². The highest BCUT2D eigenvalue weighted by Gasteiger charge is 1.98. The Balaban J connectivity index is 2.71. The molecule has 0 radical (unpaired) electrons. The minimum Gasteiger partial charge on any atom is -0.387 e. The number of rotatable bonds is 3. The molecule has 4 nitrogen and oxygen atoms in total. The number of nitrogens with zero attached hydrogens (tertiary/aromatic N) is 1. The van der Waals surface area contributed by atoms with Crippen LogP contribution in [0.5, 0.6) is 0 Å². The molecule has 1 unspecified atom stereocenters. The van der Waals surface area contributed by atoms with Crippen LogP contribution in [0.15, 0.2) is 18.3 Å². The number of pyridine rings is 1. The second-order valence-electron chi connectivity index (χ2n) is 2.25. The van der Waals surface area contributed by atoms with Gasteiger partial charge in [0, 0.05) is 7.05 Å². The summed E-state index contributed by atoms with van der Waals surface area (Å²) in [5, 5.41) is 2.91. The van der Waals surface area contributed by atoms with E-state index in [4.69, 9.17) is 4.55 Å². The van der Waals surface area contributed by atoms with Gasteiger partial charge in [-0.25, -0.2) is 4.21 Å². The average molecular weight is 186 g/mol. The zero-order valence-electron chi connectivity index (χ0n) is 6.65. The molecule has 5 heteroatoms. The number of hydrogen-bond acceptors (Lipinski definition) is 3. The molecular formula is C7H10N2O2S. The smallest absolute Gasteiger partial charge is 0.158 e. The molecule has 0 aromatic carbocycles. The van der Waals surface area contributed by atoms with E-state index < -0.39 is 11.1 Å². The fourth-order valence-electron chi connectivity index (χ4n) is 0.784. The highest BCUT2D eigenvalue weighted by Crippen LogP contribution is 2.05. The molecule has 0 spiro atoms. The Morgan fingerprint density at radius 1 is 1.67 bits per heavy atom. The lowest BCUT2D eigenvalue weighted by Gasteiger charge is -1.99. The molecular weight excluding hydrogens is 176 g/mol. The summed E-state index contributed by atoms with van der Waals surface area (Å²) in [6, 6.07) is 3.54. The molecule has 1 rings (SSSR count). The molecule has 12 heavy (non-hydrogen) atoms. The van der Waals surface area contributed by atoms with E-state index in [2.05, 4.69) is 10.3 Å². The molecule has 1 heterocycles. The summed E-state index contributed by atoms with van der Waals surface area (Å²) in [5.74, 6) is 0.0873. The Hall–Kier alpha value is -0.940. The topological polar surface area (TPSA) is 62.2 Å². The summed E-state index contributed by atoms with van der Waals surface area (Å²) >= 11 is -1.81. The predicted octanol–water partition coefficient (Wildman–Crippen LogP) is 0.845. The van der Waals surface area contributed by atoms with Gasteiger partial charge >= 0.3 is 0 Å². The highest BCUT2D eigenvalue weighted by molar-refractivity contribution is 7.78. The van der Waals surface area contributed by atoms with Gasteiger partial charge in [-0.15, -0.1) is 0 Å². The van der Waals surface area contributed by atoms with E-state index in [9.17, 15) is 4.21 Å². The van der Waals surface area contributed by atoms with Crippen molar-refractivity contribution in [2.45, 2.75) is 5.75 Å². The largest absolute Gasteiger partial charge is 0.387 e. The van der Waals surface area contributed by atoms with Gasteiger partial charge in [0.05, 0.1) is 23.3 Å². The van der Waals surface area contributed by atoms with Crippen LogP contribution in [-0.2, 0) is 16.8 Å². The van der Waals surface area contributed by atoms with Gasteiger partial charge in [-0.05, 0) is 12.1 Å². The van der Waals surface area contributed by atoms with E-state index in [-0.39, 0.29) is 5.75 Å². The lowest BCUT2D eigenvalue weighted by molar-refractivity contribution is 0.563. The number of aromatic nitrogens is 1. The summed E-state index contributed by atoms with van der Waals surface area (Å²) in [4.78, 5) is 3.97. The van der Waals surface area contributed by atoms with E-state index in [0.29, 0.717) is 5.69 Å². The fraction of sp³-hybridized carbons (Fsp3) is 0.286. The van der Waals surface area contributed by atoms with Crippen molar-refractivity contribution in [2.24, 2.45) is 0 Å². The molecule has 0 saturated carbocycles. The van der Waals surface area contributed by atoms with Crippen molar-refractivity contribution < 1.29 is 8.76 Å². The van der Waals surface area contributed by atoms with Gasteiger partial charge in [-0.2, -0.15) is 0 Å². The van der Waals surface area contributed by atoms with Crippen LogP contribution >= 0.6 is 0 Å². The molecule has 0 aliphatic carbocycles. The Labute approximate surface area is 73.3 Å². The van der Waals surface area contributed by atoms with E-state index in [0.717, 1.165) is 5.69 Å². The lowest BCUT2D eigenvalue weighted by Crippen LogP contribution is -1.97. The van der Waals surface area contributed by atoms with E-state index in [1.54, 1.807) is 19.3 Å². The van der Waals surface area contributed by atoms with E-state index >= 15 is 0 Å². The summed E-state index contributed by atoms with van der Waals surface area (Å²) in [6.07, 6.45) is 1.63. The van der Waals surface area contributed by atoms with Crippen LogP contribution in [-0.4, -0.2) is 20.8 Å². The third kappa shape index (κ3) is 2.60. The summed E-state index contributed by atoms with van der Waals surface area (Å²) in [7, 11) is 1.79. The second kappa shape index (κ2) is 4.18. The third-order valence-corrected chi connectivity index (χ3v) is 1.93. The first-order chi connectivity index (χ1) is 5.72. The molecule has 0 aliphatic heterocycles. The molecule has 2 N–H and O–H groups in total. The number of nitrogens with one attached hydrogen (secondary N) is 1. The van der Waals surface area contributed by atoms with Crippen LogP contribution in [0.25, 0.3) is 0 Å². The summed E-state index contributed by atoms with van der Waals surface area (Å²) in [6.45, 7) is 0. The molecule has 0 fully saturated rings. The van der Waals surface area contributed by atoms with Gasteiger partial charge in [0.1, 0.15) is 0 Å². The monoisotopic (exact) mass is 186 g/mol. The first-order valence-corrected chi connectivity index (χ1v) is 4.70. The molecule has 0 bridgehead atoms. The molecule has 1 aromatic heterocycles. The van der Waals surface area contributed by atoms with Crippen LogP contribution in [0, 0.1) is 0 Å². The van der Waals surface area contributed by atoms with Gasteiger partial charge in [0.25, 0.3) is 0 Å². The molecule has 1 atom stereocenters. The molecule has 0 amide bonds. The first-order valence-electron chi connectivity index (χ1n) is 3.42. The lowest BCUT2D eigenvalue weighted by atomic mass is 10.3.